The van der Waals surface area contributed by atoms with Crippen LogP contribution < -0.4 is 0 Å². The molecule has 0 atom stereocenters. The average Bonchev–Trinajstić information content (AvgIpc) is 2.39. The van der Waals surface area contributed by atoms with Gasteiger partial charge in [0.25, 0.3) is 0 Å². The quantitative estimate of drug-likeness (QED) is 0.645. The summed E-state index contributed by atoms with van der Waals surface area (Å²) in [6.45, 7) is 11.0. The summed E-state index contributed by atoms with van der Waals surface area (Å²) in [5.74, 6) is -0.155. The molecule has 0 aromatic heterocycles. The normalized spacial score (nSPS) is 16.0. The first-order chi connectivity index (χ1) is 11.0. The van der Waals surface area contributed by atoms with E-state index in [1.807, 2.05) is 20.8 Å². The molecule has 0 aromatic carbocycles. The lowest BCUT2D eigenvalue weighted by Gasteiger charge is -2.32. The number of hydrogen-bond donors (Lipinski definition) is 1. The molecule has 0 aromatic rings. The molecular formula is C18H33NO5. The predicted octanol–water partition coefficient (Wildman–Crippen LogP) is 1.99. The molecule has 140 valence electrons. The largest absolute Gasteiger partial charge is 0.464 e. The summed E-state index contributed by atoms with van der Waals surface area (Å²) in [4.78, 5) is 25.6. The predicted molar refractivity (Wildman–Crippen MR) is 91.5 cm³/mol. The van der Waals surface area contributed by atoms with Crippen molar-refractivity contribution in [1.29, 1.82) is 0 Å². The molecule has 0 spiro atoms. The summed E-state index contributed by atoms with van der Waals surface area (Å²) in [5.41, 5.74) is -1.97. The van der Waals surface area contributed by atoms with Gasteiger partial charge < -0.3 is 14.6 Å². The lowest BCUT2D eigenvalue weighted by molar-refractivity contribution is -0.162. The minimum absolute atomic E-state index is 0.209. The number of rotatable bonds is 9. The number of carbonyl (C=O) groups is 2. The van der Waals surface area contributed by atoms with Gasteiger partial charge in [0.05, 0.1) is 5.41 Å². The van der Waals surface area contributed by atoms with Gasteiger partial charge in [0.1, 0.15) is 13.2 Å². The molecule has 24 heavy (non-hydrogen) atoms. The minimum Gasteiger partial charge on any atom is -0.464 e. The Morgan fingerprint density at radius 1 is 1.00 bits per heavy atom. The van der Waals surface area contributed by atoms with E-state index < -0.39 is 17.0 Å². The second kappa shape index (κ2) is 8.81. The van der Waals surface area contributed by atoms with Crippen LogP contribution in [0, 0.1) is 11.3 Å². The van der Waals surface area contributed by atoms with Gasteiger partial charge in [-0.3, -0.25) is 9.69 Å². The van der Waals surface area contributed by atoms with Gasteiger partial charge in [0, 0.05) is 19.6 Å². The molecule has 6 nitrogen and oxygen atoms in total. The molecule has 0 saturated heterocycles. The van der Waals surface area contributed by atoms with Crippen molar-refractivity contribution in [2.45, 2.75) is 59.5 Å². The third kappa shape index (κ3) is 7.62. The Hall–Kier alpha value is -1.14. The molecule has 1 aliphatic rings. The molecule has 0 amide bonds. The Labute approximate surface area is 145 Å². The molecule has 0 aliphatic heterocycles. The average molecular weight is 343 g/mol. The van der Waals surface area contributed by atoms with Crippen molar-refractivity contribution in [3.63, 3.8) is 0 Å². The first-order valence-electron chi connectivity index (χ1n) is 8.79. The number of esters is 2. The second-order valence-electron chi connectivity index (χ2n) is 8.18. The topological polar surface area (TPSA) is 76.1 Å². The second-order valence-corrected chi connectivity index (χ2v) is 8.18. The molecule has 1 rings (SSSR count). The number of carbonyl (C=O) groups excluding carboxylic acids is 2. The van der Waals surface area contributed by atoms with Crippen molar-refractivity contribution < 1.29 is 24.2 Å². The SMILES string of the molecule is CC(C)(C)C(=O)OCCN(CCOC(=O)C(C)(C)O)CC1CCC1. The number of hydrogen-bond acceptors (Lipinski definition) is 6. The summed E-state index contributed by atoms with van der Waals surface area (Å²) >= 11 is 0. The Kier molecular flexibility index (Phi) is 7.67. The molecule has 0 heterocycles. The summed E-state index contributed by atoms with van der Waals surface area (Å²) in [5, 5.41) is 9.58. The van der Waals surface area contributed by atoms with Crippen LogP contribution in [0.2, 0.25) is 0 Å². The fourth-order valence-corrected chi connectivity index (χ4v) is 2.26. The van der Waals surface area contributed by atoms with Gasteiger partial charge in [-0.25, -0.2) is 4.79 Å². The van der Waals surface area contributed by atoms with Crippen molar-refractivity contribution in [2.75, 3.05) is 32.8 Å². The van der Waals surface area contributed by atoms with Crippen LogP contribution in [0.3, 0.4) is 0 Å². The maximum Gasteiger partial charge on any atom is 0.337 e. The van der Waals surface area contributed by atoms with Crippen LogP contribution in [-0.2, 0) is 19.1 Å². The third-order valence-corrected chi connectivity index (χ3v) is 4.13. The molecule has 0 unspecified atom stereocenters. The fraction of sp³-hybridized carbons (Fsp3) is 0.889. The van der Waals surface area contributed by atoms with Crippen LogP contribution in [0.15, 0.2) is 0 Å². The van der Waals surface area contributed by atoms with Crippen molar-refractivity contribution in [1.82, 2.24) is 4.90 Å². The number of ether oxygens (including phenoxy) is 2. The van der Waals surface area contributed by atoms with Crippen molar-refractivity contribution in [3.05, 3.63) is 0 Å². The van der Waals surface area contributed by atoms with Crippen molar-refractivity contribution >= 4 is 11.9 Å². The Morgan fingerprint density at radius 3 is 1.88 bits per heavy atom. The van der Waals surface area contributed by atoms with Gasteiger partial charge >= 0.3 is 11.9 Å². The highest BCUT2D eigenvalue weighted by Gasteiger charge is 2.27. The summed E-state index contributed by atoms with van der Waals surface area (Å²) in [6.07, 6.45) is 3.72. The highest BCUT2D eigenvalue weighted by molar-refractivity contribution is 5.78. The molecule has 0 bridgehead atoms. The van der Waals surface area contributed by atoms with Crippen molar-refractivity contribution in [2.24, 2.45) is 11.3 Å². The first-order valence-corrected chi connectivity index (χ1v) is 8.79. The van der Waals surface area contributed by atoms with E-state index in [0.29, 0.717) is 25.6 Å². The van der Waals surface area contributed by atoms with Gasteiger partial charge in [-0.05, 0) is 53.4 Å². The van der Waals surface area contributed by atoms with Crippen LogP contribution in [-0.4, -0.2) is 60.4 Å². The van der Waals surface area contributed by atoms with Crippen molar-refractivity contribution in [3.8, 4) is 0 Å². The summed E-state index contributed by atoms with van der Waals surface area (Å²) in [7, 11) is 0. The summed E-state index contributed by atoms with van der Waals surface area (Å²) < 4.78 is 10.4. The highest BCUT2D eigenvalue weighted by Crippen LogP contribution is 2.27. The molecule has 1 N–H and O–H groups in total. The van der Waals surface area contributed by atoms with E-state index in [2.05, 4.69) is 4.90 Å². The fourth-order valence-electron chi connectivity index (χ4n) is 2.26. The van der Waals surface area contributed by atoms with E-state index in [1.165, 1.54) is 33.1 Å². The Bertz CT molecular complexity index is 386. The van der Waals surface area contributed by atoms with Crippen LogP contribution in [0.25, 0.3) is 0 Å². The lowest BCUT2D eigenvalue weighted by atomic mass is 9.85. The molecule has 1 aliphatic carbocycles. The van der Waals surface area contributed by atoms with E-state index in [9.17, 15) is 14.7 Å². The van der Waals surface area contributed by atoms with Gasteiger partial charge in [0.2, 0.25) is 0 Å². The van der Waals surface area contributed by atoms with E-state index >= 15 is 0 Å². The van der Waals surface area contributed by atoms with Gasteiger partial charge in [-0.2, -0.15) is 0 Å². The first kappa shape index (κ1) is 20.9. The molecule has 1 saturated carbocycles. The van der Waals surface area contributed by atoms with E-state index in [-0.39, 0.29) is 12.6 Å². The minimum atomic E-state index is -1.47. The van der Waals surface area contributed by atoms with E-state index in [0.717, 1.165) is 6.54 Å². The summed E-state index contributed by atoms with van der Waals surface area (Å²) in [6, 6.07) is 0. The van der Waals surface area contributed by atoms with Crippen LogP contribution in [0.1, 0.15) is 53.9 Å². The molecule has 0 radical (unpaired) electrons. The van der Waals surface area contributed by atoms with Gasteiger partial charge in [-0.1, -0.05) is 6.42 Å². The maximum absolute atomic E-state index is 11.8. The number of aliphatic hydroxyl groups is 1. The smallest absolute Gasteiger partial charge is 0.337 e. The Balaban J connectivity index is 2.37. The zero-order valence-corrected chi connectivity index (χ0v) is 15.8. The van der Waals surface area contributed by atoms with Crippen LogP contribution in [0.4, 0.5) is 0 Å². The molecular weight excluding hydrogens is 310 g/mol. The van der Waals surface area contributed by atoms with E-state index in [1.54, 1.807) is 0 Å². The van der Waals surface area contributed by atoms with Gasteiger partial charge in [-0.15, -0.1) is 0 Å². The lowest BCUT2D eigenvalue weighted by Crippen LogP contribution is -2.40. The van der Waals surface area contributed by atoms with E-state index in [4.69, 9.17) is 9.47 Å². The zero-order chi connectivity index (χ0) is 18.4. The standard InChI is InChI=1S/C18H33NO5/c1-17(2,3)15(20)23-11-9-19(13-14-7-6-8-14)10-12-24-16(21)18(4,5)22/h14,22H,6-13H2,1-5H3. The zero-order valence-electron chi connectivity index (χ0n) is 15.8. The third-order valence-electron chi connectivity index (χ3n) is 4.13. The maximum atomic E-state index is 11.8. The molecule has 1 fully saturated rings. The number of nitrogens with zero attached hydrogens (tertiary/aromatic N) is 1. The Morgan fingerprint density at radius 2 is 1.50 bits per heavy atom. The molecule has 6 heteroatoms. The monoisotopic (exact) mass is 343 g/mol. The highest BCUT2D eigenvalue weighted by atomic mass is 16.6. The van der Waals surface area contributed by atoms with Crippen LogP contribution in [0.5, 0.6) is 0 Å². The van der Waals surface area contributed by atoms with Gasteiger partial charge in [0.15, 0.2) is 5.60 Å². The van der Waals surface area contributed by atoms with Crippen LogP contribution >= 0.6 is 0 Å².